The van der Waals surface area contributed by atoms with Crippen LogP contribution in [0.5, 0.6) is 0 Å². The third kappa shape index (κ3) is 4.79. The monoisotopic (exact) mass is 267 g/mol. The first-order valence-electron chi connectivity index (χ1n) is 8.24. The lowest BCUT2D eigenvalue weighted by Gasteiger charge is -2.31. The van der Waals surface area contributed by atoms with E-state index in [-0.39, 0.29) is 6.04 Å². The molecule has 1 N–H and O–H groups in total. The molecule has 2 aliphatic rings. The van der Waals surface area contributed by atoms with Gasteiger partial charge in [0.15, 0.2) is 0 Å². The van der Waals surface area contributed by atoms with Crippen molar-refractivity contribution in [1.29, 1.82) is 0 Å². The Balaban J connectivity index is 1.90. The van der Waals surface area contributed by atoms with Crippen molar-refractivity contribution in [2.75, 3.05) is 13.1 Å². The third-order valence-electron chi connectivity index (χ3n) is 4.87. The minimum absolute atomic E-state index is 0.215. The molecule has 2 fully saturated rings. The number of hydrogen-bond donors (Lipinski definition) is 1. The van der Waals surface area contributed by atoms with Crippen molar-refractivity contribution in [2.45, 2.75) is 76.7 Å². The molecule has 1 heterocycles. The fourth-order valence-electron chi connectivity index (χ4n) is 3.72. The molecule has 1 unspecified atom stereocenters. The van der Waals surface area contributed by atoms with Crippen LogP contribution in [-0.2, 0) is 4.79 Å². The highest BCUT2D eigenvalue weighted by molar-refractivity contribution is 5.73. The standard InChI is InChI=1S/C16H29NO2/c18-16(19)15-11-7-4-8-12-17(15)13-14-9-5-2-1-3-6-10-14/h14-15H,1-13H2,(H,18,19). The maximum absolute atomic E-state index is 11.4. The van der Waals surface area contributed by atoms with Crippen molar-refractivity contribution >= 4 is 5.97 Å². The van der Waals surface area contributed by atoms with Crippen LogP contribution in [0.2, 0.25) is 0 Å². The minimum atomic E-state index is -0.604. The summed E-state index contributed by atoms with van der Waals surface area (Å²) in [6, 6.07) is -0.215. The van der Waals surface area contributed by atoms with Crippen molar-refractivity contribution < 1.29 is 9.90 Å². The van der Waals surface area contributed by atoms with Crippen LogP contribution in [-0.4, -0.2) is 35.1 Å². The third-order valence-corrected chi connectivity index (χ3v) is 4.87. The van der Waals surface area contributed by atoms with Gasteiger partial charge in [-0.2, -0.15) is 0 Å². The number of likely N-dealkylation sites (tertiary alicyclic amines) is 1. The number of aliphatic carboxylic acids is 1. The predicted octanol–water partition coefficient (Wildman–Crippen LogP) is 3.68. The minimum Gasteiger partial charge on any atom is -0.480 e. The van der Waals surface area contributed by atoms with Gasteiger partial charge in [0.05, 0.1) is 0 Å². The summed E-state index contributed by atoms with van der Waals surface area (Å²) >= 11 is 0. The molecule has 3 heteroatoms. The summed E-state index contributed by atoms with van der Waals surface area (Å²) in [4.78, 5) is 13.7. The molecule has 0 aromatic heterocycles. The molecule has 0 amide bonds. The molecular weight excluding hydrogens is 238 g/mol. The van der Waals surface area contributed by atoms with E-state index in [1.54, 1.807) is 0 Å². The quantitative estimate of drug-likeness (QED) is 0.848. The van der Waals surface area contributed by atoms with Gasteiger partial charge >= 0.3 is 5.97 Å². The molecule has 0 aromatic carbocycles. The van der Waals surface area contributed by atoms with Crippen LogP contribution in [0.1, 0.15) is 70.6 Å². The number of nitrogens with zero attached hydrogens (tertiary/aromatic N) is 1. The zero-order valence-electron chi connectivity index (χ0n) is 12.1. The second-order valence-electron chi connectivity index (χ2n) is 6.41. The zero-order valence-corrected chi connectivity index (χ0v) is 12.1. The lowest BCUT2D eigenvalue weighted by atomic mass is 9.90. The number of carbonyl (C=O) groups is 1. The SMILES string of the molecule is O=C(O)C1CCCCCN1CC1CCCCCCC1. The van der Waals surface area contributed by atoms with Gasteiger partial charge < -0.3 is 5.11 Å². The molecular formula is C16H29NO2. The summed E-state index contributed by atoms with van der Waals surface area (Å²) < 4.78 is 0. The van der Waals surface area contributed by atoms with Crippen LogP contribution in [0.3, 0.4) is 0 Å². The van der Waals surface area contributed by atoms with Crippen LogP contribution < -0.4 is 0 Å². The molecule has 3 nitrogen and oxygen atoms in total. The molecule has 0 radical (unpaired) electrons. The van der Waals surface area contributed by atoms with E-state index >= 15 is 0 Å². The van der Waals surface area contributed by atoms with Gasteiger partial charge in [0.25, 0.3) is 0 Å². The van der Waals surface area contributed by atoms with Crippen molar-refractivity contribution in [3.8, 4) is 0 Å². The predicted molar refractivity (Wildman–Crippen MR) is 77.3 cm³/mol. The summed E-state index contributed by atoms with van der Waals surface area (Å²) in [6.45, 7) is 2.02. The Bertz CT molecular complexity index is 272. The summed E-state index contributed by atoms with van der Waals surface area (Å²) in [6.07, 6.45) is 13.8. The number of hydrogen-bond acceptors (Lipinski definition) is 2. The summed E-state index contributed by atoms with van der Waals surface area (Å²) in [7, 11) is 0. The first kappa shape index (κ1) is 14.8. The van der Waals surface area contributed by atoms with E-state index in [1.165, 1.54) is 57.8 Å². The molecule has 0 bridgehead atoms. The van der Waals surface area contributed by atoms with Gasteiger partial charge in [-0.1, -0.05) is 44.9 Å². The molecule has 110 valence electrons. The lowest BCUT2D eigenvalue weighted by Crippen LogP contribution is -2.43. The van der Waals surface area contributed by atoms with Gasteiger partial charge in [-0.3, -0.25) is 9.69 Å². The Labute approximate surface area is 117 Å². The van der Waals surface area contributed by atoms with E-state index in [0.717, 1.165) is 31.8 Å². The van der Waals surface area contributed by atoms with E-state index < -0.39 is 5.97 Å². The lowest BCUT2D eigenvalue weighted by molar-refractivity contribution is -0.143. The molecule has 19 heavy (non-hydrogen) atoms. The maximum Gasteiger partial charge on any atom is 0.320 e. The van der Waals surface area contributed by atoms with Gasteiger partial charge in [0, 0.05) is 6.54 Å². The zero-order chi connectivity index (χ0) is 13.5. The Kier molecular flexibility index (Phi) is 6.15. The first-order chi connectivity index (χ1) is 9.27. The summed E-state index contributed by atoms with van der Waals surface area (Å²) in [5, 5.41) is 9.42. The van der Waals surface area contributed by atoms with Crippen LogP contribution in [0.15, 0.2) is 0 Å². The van der Waals surface area contributed by atoms with E-state index in [0.29, 0.717) is 0 Å². The Morgan fingerprint density at radius 2 is 1.47 bits per heavy atom. The number of carboxylic acids is 1. The van der Waals surface area contributed by atoms with E-state index in [4.69, 9.17) is 0 Å². The Morgan fingerprint density at radius 3 is 2.16 bits per heavy atom. The molecule has 1 saturated carbocycles. The van der Waals surface area contributed by atoms with Gasteiger partial charge in [0.1, 0.15) is 6.04 Å². The van der Waals surface area contributed by atoms with Gasteiger partial charge in [-0.05, 0) is 38.1 Å². The molecule has 0 aromatic rings. The fourth-order valence-corrected chi connectivity index (χ4v) is 3.72. The summed E-state index contributed by atoms with van der Waals surface area (Å²) in [5.41, 5.74) is 0. The van der Waals surface area contributed by atoms with E-state index in [1.807, 2.05) is 0 Å². The van der Waals surface area contributed by atoms with Crippen molar-refractivity contribution in [3.63, 3.8) is 0 Å². The fraction of sp³-hybridized carbons (Fsp3) is 0.938. The normalized spacial score (nSPS) is 28.3. The van der Waals surface area contributed by atoms with Crippen LogP contribution in [0.4, 0.5) is 0 Å². The molecule has 1 saturated heterocycles. The second-order valence-corrected chi connectivity index (χ2v) is 6.41. The molecule has 1 aliphatic carbocycles. The Morgan fingerprint density at radius 1 is 0.895 bits per heavy atom. The highest BCUT2D eigenvalue weighted by Gasteiger charge is 2.28. The smallest absolute Gasteiger partial charge is 0.320 e. The molecule has 2 rings (SSSR count). The maximum atomic E-state index is 11.4. The highest BCUT2D eigenvalue weighted by atomic mass is 16.4. The Hall–Kier alpha value is -0.570. The van der Waals surface area contributed by atoms with Crippen molar-refractivity contribution in [3.05, 3.63) is 0 Å². The van der Waals surface area contributed by atoms with Crippen molar-refractivity contribution in [2.24, 2.45) is 5.92 Å². The summed E-state index contributed by atoms with van der Waals surface area (Å²) in [5.74, 6) is 0.132. The molecule has 0 spiro atoms. The first-order valence-corrected chi connectivity index (χ1v) is 8.24. The average Bonchev–Trinajstić information content (AvgIpc) is 2.57. The molecule has 1 aliphatic heterocycles. The highest BCUT2D eigenvalue weighted by Crippen LogP contribution is 2.26. The van der Waals surface area contributed by atoms with Gasteiger partial charge in [-0.15, -0.1) is 0 Å². The van der Waals surface area contributed by atoms with Crippen LogP contribution in [0.25, 0.3) is 0 Å². The van der Waals surface area contributed by atoms with E-state index in [9.17, 15) is 9.90 Å². The number of carboxylic acid groups (broad SMARTS) is 1. The van der Waals surface area contributed by atoms with Crippen LogP contribution >= 0.6 is 0 Å². The number of rotatable bonds is 3. The topological polar surface area (TPSA) is 40.5 Å². The van der Waals surface area contributed by atoms with Gasteiger partial charge in [-0.25, -0.2) is 0 Å². The second kappa shape index (κ2) is 7.88. The molecule has 1 atom stereocenters. The van der Waals surface area contributed by atoms with Gasteiger partial charge in [0.2, 0.25) is 0 Å². The van der Waals surface area contributed by atoms with E-state index in [2.05, 4.69) is 4.90 Å². The van der Waals surface area contributed by atoms with Crippen LogP contribution in [0, 0.1) is 5.92 Å². The average molecular weight is 267 g/mol. The largest absolute Gasteiger partial charge is 0.480 e. The van der Waals surface area contributed by atoms with Crippen molar-refractivity contribution in [1.82, 2.24) is 4.90 Å².